The van der Waals surface area contributed by atoms with Crippen molar-refractivity contribution in [3.8, 4) is 0 Å². The second-order valence-corrected chi connectivity index (χ2v) is 6.00. The highest BCUT2D eigenvalue weighted by Crippen LogP contribution is 2.24. The molecule has 0 radical (unpaired) electrons. The Bertz CT molecular complexity index is 807. The summed E-state index contributed by atoms with van der Waals surface area (Å²) in [7, 11) is -4.40. The van der Waals surface area contributed by atoms with Crippen molar-refractivity contribution >= 4 is 21.4 Å². The van der Waals surface area contributed by atoms with E-state index >= 15 is 0 Å². The minimum atomic E-state index is -4.40. The molecule has 2 aromatic rings. The van der Waals surface area contributed by atoms with Gasteiger partial charge in [0.1, 0.15) is 4.90 Å². The van der Waals surface area contributed by atoms with Gasteiger partial charge in [-0.15, -0.1) is 0 Å². The van der Waals surface area contributed by atoms with Gasteiger partial charge in [-0.1, -0.05) is 6.07 Å². The molecule has 0 aliphatic carbocycles. The molecule has 0 heterocycles. The van der Waals surface area contributed by atoms with Crippen molar-refractivity contribution in [2.45, 2.75) is 11.8 Å². The van der Waals surface area contributed by atoms with Gasteiger partial charge < -0.3 is 5.73 Å². The standard InChI is InChI=1S/C13H11F3N2O2S/c1-7-2-3-8(6-10(7)17)18-21(19,20)11-5-4-9(14)12(15)13(11)16/h2-6,18H,17H2,1H3. The predicted octanol–water partition coefficient (Wildman–Crippen LogP) is 2.80. The number of hydrogen-bond donors (Lipinski definition) is 2. The summed E-state index contributed by atoms with van der Waals surface area (Å²) < 4.78 is 65.5. The molecule has 0 aliphatic rings. The molecule has 4 nitrogen and oxygen atoms in total. The van der Waals surface area contributed by atoms with E-state index in [1.807, 2.05) is 0 Å². The summed E-state index contributed by atoms with van der Waals surface area (Å²) in [6, 6.07) is 5.50. The Morgan fingerprint density at radius 1 is 1.05 bits per heavy atom. The molecule has 0 aromatic heterocycles. The third kappa shape index (κ3) is 2.94. The Morgan fingerprint density at radius 3 is 2.33 bits per heavy atom. The van der Waals surface area contributed by atoms with Crippen LogP contribution in [-0.4, -0.2) is 8.42 Å². The Kier molecular flexibility index (Phi) is 3.82. The normalized spacial score (nSPS) is 11.4. The van der Waals surface area contributed by atoms with E-state index in [1.165, 1.54) is 12.1 Å². The van der Waals surface area contributed by atoms with Crippen LogP contribution in [0.15, 0.2) is 35.2 Å². The average Bonchev–Trinajstić information content (AvgIpc) is 2.39. The number of halogens is 3. The van der Waals surface area contributed by atoms with Crippen molar-refractivity contribution in [3.63, 3.8) is 0 Å². The zero-order chi connectivity index (χ0) is 15.8. The summed E-state index contributed by atoms with van der Waals surface area (Å²) in [5, 5.41) is 0. The average molecular weight is 316 g/mol. The van der Waals surface area contributed by atoms with Crippen LogP contribution in [0.25, 0.3) is 0 Å². The molecule has 112 valence electrons. The van der Waals surface area contributed by atoms with Crippen molar-refractivity contribution in [1.82, 2.24) is 0 Å². The van der Waals surface area contributed by atoms with Crippen LogP contribution < -0.4 is 10.5 Å². The van der Waals surface area contributed by atoms with E-state index in [4.69, 9.17) is 5.73 Å². The maximum Gasteiger partial charge on any atom is 0.264 e. The fraction of sp³-hybridized carbons (Fsp3) is 0.0769. The summed E-state index contributed by atoms with van der Waals surface area (Å²) in [6.45, 7) is 1.72. The predicted molar refractivity (Wildman–Crippen MR) is 72.7 cm³/mol. The minimum Gasteiger partial charge on any atom is -0.398 e. The lowest BCUT2D eigenvalue weighted by Crippen LogP contribution is -2.16. The zero-order valence-electron chi connectivity index (χ0n) is 10.8. The highest BCUT2D eigenvalue weighted by Gasteiger charge is 2.24. The van der Waals surface area contributed by atoms with Gasteiger partial charge >= 0.3 is 0 Å². The Hall–Kier alpha value is -2.22. The van der Waals surface area contributed by atoms with Crippen LogP contribution in [-0.2, 0) is 10.0 Å². The van der Waals surface area contributed by atoms with Crippen LogP contribution in [0.1, 0.15) is 5.56 Å². The van der Waals surface area contributed by atoms with Gasteiger partial charge in [0.15, 0.2) is 17.5 Å². The Balaban J connectivity index is 2.43. The zero-order valence-corrected chi connectivity index (χ0v) is 11.6. The van der Waals surface area contributed by atoms with Crippen LogP contribution in [0.2, 0.25) is 0 Å². The molecule has 2 aromatic carbocycles. The molecule has 0 bridgehead atoms. The van der Waals surface area contributed by atoms with Gasteiger partial charge in [-0.05, 0) is 36.8 Å². The van der Waals surface area contributed by atoms with E-state index in [-0.39, 0.29) is 5.69 Å². The fourth-order valence-electron chi connectivity index (χ4n) is 1.63. The lowest BCUT2D eigenvalue weighted by atomic mass is 10.2. The quantitative estimate of drug-likeness (QED) is 0.675. The van der Waals surface area contributed by atoms with E-state index in [2.05, 4.69) is 4.72 Å². The van der Waals surface area contributed by atoms with Crippen LogP contribution in [0.5, 0.6) is 0 Å². The number of rotatable bonds is 3. The molecule has 0 saturated carbocycles. The van der Waals surface area contributed by atoms with Crippen LogP contribution in [0.3, 0.4) is 0 Å². The maximum absolute atomic E-state index is 13.5. The van der Waals surface area contributed by atoms with E-state index < -0.39 is 32.4 Å². The van der Waals surface area contributed by atoms with Gasteiger partial charge in [0.05, 0.1) is 5.69 Å². The monoisotopic (exact) mass is 316 g/mol. The number of benzene rings is 2. The van der Waals surface area contributed by atoms with Crippen molar-refractivity contribution in [1.29, 1.82) is 0 Å². The summed E-state index contributed by atoms with van der Waals surface area (Å²) >= 11 is 0. The fourth-order valence-corrected chi connectivity index (χ4v) is 2.75. The van der Waals surface area contributed by atoms with E-state index in [0.29, 0.717) is 17.8 Å². The maximum atomic E-state index is 13.5. The number of nitrogens with one attached hydrogen (secondary N) is 1. The van der Waals surface area contributed by atoms with Gasteiger partial charge in [0, 0.05) is 5.69 Å². The molecule has 0 spiro atoms. The van der Waals surface area contributed by atoms with Crippen LogP contribution in [0, 0.1) is 24.4 Å². The first-order chi connectivity index (χ1) is 9.72. The number of hydrogen-bond acceptors (Lipinski definition) is 3. The smallest absolute Gasteiger partial charge is 0.264 e. The molecule has 0 atom stereocenters. The third-order valence-electron chi connectivity index (χ3n) is 2.82. The van der Waals surface area contributed by atoms with E-state index in [9.17, 15) is 21.6 Å². The first-order valence-corrected chi connectivity index (χ1v) is 7.23. The number of aryl methyl sites for hydroxylation is 1. The minimum absolute atomic E-state index is 0.0854. The second kappa shape index (κ2) is 5.28. The van der Waals surface area contributed by atoms with E-state index in [1.54, 1.807) is 13.0 Å². The molecular weight excluding hydrogens is 305 g/mol. The molecule has 0 amide bonds. The van der Waals surface area contributed by atoms with Gasteiger partial charge in [0.2, 0.25) is 0 Å². The second-order valence-electron chi connectivity index (χ2n) is 4.35. The lowest BCUT2D eigenvalue weighted by Gasteiger charge is -2.10. The first kappa shape index (κ1) is 15.2. The van der Waals surface area contributed by atoms with Gasteiger partial charge in [-0.3, -0.25) is 4.72 Å². The van der Waals surface area contributed by atoms with Crippen LogP contribution in [0.4, 0.5) is 24.5 Å². The highest BCUT2D eigenvalue weighted by atomic mass is 32.2. The summed E-state index contributed by atoms with van der Waals surface area (Å²) in [6.07, 6.45) is 0. The van der Waals surface area contributed by atoms with Crippen molar-refractivity contribution in [3.05, 3.63) is 53.3 Å². The molecule has 2 rings (SSSR count). The number of nitrogens with two attached hydrogens (primary N) is 1. The summed E-state index contributed by atoms with van der Waals surface area (Å²) in [5.74, 6) is -5.09. The molecule has 21 heavy (non-hydrogen) atoms. The van der Waals surface area contributed by atoms with Gasteiger partial charge in [-0.2, -0.15) is 0 Å². The number of anilines is 2. The number of nitrogen functional groups attached to an aromatic ring is 1. The molecule has 0 aliphatic heterocycles. The van der Waals surface area contributed by atoms with Crippen LogP contribution >= 0.6 is 0 Å². The molecular formula is C13H11F3N2O2S. The van der Waals surface area contributed by atoms with E-state index in [0.717, 1.165) is 5.56 Å². The molecule has 0 fully saturated rings. The SMILES string of the molecule is Cc1ccc(NS(=O)(=O)c2ccc(F)c(F)c2F)cc1N. The summed E-state index contributed by atoms with van der Waals surface area (Å²) in [5.41, 5.74) is 6.79. The molecule has 0 unspecified atom stereocenters. The molecule has 8 heteroatoms. The topological polar surface area (TPSA) is 72.2 Å². The largest absolute Gasteiger partial charge is 0.398 e. The van der Waals surface area contributed by atoms with Crippen molar-refractivity contribution in [2.75, 3.05) is 10.5 Å². The van der Waals surface area contributed by atoms with Crippen molar-refractivity contribution in [2.24, 2.45) is 0 Å². The first-order valence-electron chi connectivity index (χ1n) is 5.75. The third-order valence-corrected chi connectivity index (χ3v) is 4.22. The van der Waals surface area contributed by atoms with Gasteiger partial charge in [0.25, 0.3) is 10.0 Å². The highest BCUT2D eigenvalue weighted by molar-refractivity contribution is 7.92. The lowest BCUT2D eigenvalue weighted by molar-refractivity contribution is 0.432. The van der Waals surface area contributed by atoms with Crippen molar-refractivity contribution < 1.29 is 21.6 Å². The molecule has 0 saturated heterocycles. The summed E-state index contributed by atoms with van der Waals surface area (Å²) in [4.78, 5) is -0.986. The molecule has 3 N–H and O–H groups in total. The van der Waals surface area contributed by atoms with Gasteiger partial charge in [-0.25, -0.2) is 21.6 Å². The Morgan fingerprint density at radius 2 is 1.71 bits per heavy atom. The Labute approximate surface area is 119 Å². The number of sulfonamides is 1.